The molecule has 0 bridgehead atoms. The van der Waals surface area contributed by atoms with Crippen molar-refractivity contribution in [3.8, 4) is 0 Å². The molecule has 0 aromatic carbocycles. The summed E-state index contributed by atoms with van der Waals surface area (Å²) >= 11 is 1.71. The number of hydrogen-bond acceptors (Lipinski definition) is 5. The standard InChI is InChI=1S/C14H25N3OS/c1-11(2)14(3,18)10-16-12-4-7-17(8-5-12)13-15-6-9-19-13/h6,9,11-12,16,18H,4-5,7-8,10H2,1-3H3/t14-/m0/s1. The number of hydrogen-bond donors (Lipinski definition) is 2. The van der Waals surface area contributed by atoms with E-state index in [2.05, 4.69) is 29.0 Å². The van der Waals surface area contributed by atoms with Gasteiger partial charge in [-0.05, 0) is 25.7 Å². The molecule has 0 radical (unpaired) electrons. The van der Waals surface area contributed by atoms with E-state index in [1.165, 1.54) is 0 Å². The Balaban J connectivity index is 1.75. The number of piperidine rings is 1. The molecule has 1 aromatic heterocycles. The molecule has 0 unspecified atom stereocenters. The lowest BCUT2D eigenvalue weighted by Crippen LogP contribution is -2.49. The summed E-state index contributed by atoms with van der Waals surface area (Å²) in [6.07, 6.45) is 4.10. The molecule has 0 spiro atoms. The quantitative estimate of drug-likeness (QED) is 0.869. The van der Waals surface area contributed by atoms with Crippen LogP contribution in [0.5, 0.6) is 0 Å². The Kier molecular flexibility index (Phi) is 4.81. The number of anilines is 1. The molecule has 2 rings (SSSR count). The topological polar surface area (TPSA) is 48.4 Å². The van der Waals surface area contributed by atoms with E-state index < -0.39 is 5.60 Å². The zero-order chi connectivity index (χ0) is 13.9. The van der Waals surface area contributed by atoms with Crippen LogP contribution in [0.1, 0.15) is 33.6 Å². The summed E-state index contributed by atoms with van der Waals surface area (Å²) < 4.78 is 0. The molecular weight excluding hydrogens is 258 g/mol. The second kappa shape index (κ2) is 6.20. The number of aromatic nitrogens is 1. The van der Waals surface area contributed by atoms with E-state index in [9.17, 15) is 5.11 Å². The first-order valence-electron chi connectivity index (χ1n) is 7.09. The second-order valence-electron chi connectivity index (χ2n) is 5.97. The van der Waals surface area contributed by atoms with Gasteiger partial charge in [-0.1, -0.05) is 13.8 Å². The number of thiazole rings is 1. The lowest BCUT2D eigenvalue weighted by atomic mass is 9.92. The molecule has 4 nitrogen and oxygen atoms in total. The predicted molar refractivity (Wildman–Crippen MR) is 80.8 cm³/mol. The molecule has 108 valence electrons. The van der Waals surface area contributed by atoms with Crippen LogP contribution in [0.25, 0.3) is 0 Å². The molecule has 1 fully saturated rings. The molecule has 0 aliphatic carbocycles. The molecule has 2 N–H and O–H groups in total. The van der Waals surface area contributed by atoms with E-state index in [4.69, 9.17) is 0 Å². The average Bonchev–Trinajstić information content (AvgIpc) is 2.91. The Hall–Kier alpha value is -0.650. The predicted octanol–water partition coefficient (Wildman–Crippen LogP) is 2.11. The molecule has 1 aromatic rings. The monoisotopic (exact) mass is 283 g/mol. The first kappa shape index (κ1) is 14.8. The van der Waals surface area contributed by atoms with Gasteiger partial charge in [0.1, 0.15) is 0 Å². The highest BCUT2D eigenvalue weighted by Crippen LogP contribution is 2.22. The maximum absolute atomic E-state index is 10.2. The number of aliphatic hydroxyl groups is 1. The summed E-state index contributed by atoms with van der Waals surface area (Å²) in [4.78, 5) is 6.71. The van der Waals surface area contributed by atoms with Crippen LogP contribution in [0.4, 0.5) is 5.13 Å². The van der Waals surface area contributed by atoms with Gasteiger partial charge in [0, 0.05) is 37.3 Å². The van der Waals surface area contributed by atoms with Crippen molar-refractivity contribution >= 4 is 16.5 Å². The normalized spacial score (nSPS) is 20.8. The lowest BCUT2D eigenvalue weighted by molar-refractivity contribution is 0.0111. The molecule has 1 atom stereocenters. The van der Waals surface area contributed by atoms with Crippen LogP contribution in [0.3, 0.4) is 0 Å². The van der Waals surface area contributed by atoms with Gasteiger partial charge in [0.15, 0.2) is 5.13 Å². The second-order valence-corrected chi connectivity index (χ2v) is 6.84. The maximum Gasteiger partial charge on any atom is 0.185 e. The lowest BCUT2D eigenvalue weighted by Gasteiger charge is -2.35. The third kappa shape index (κ3) is 3.91. The van der Waals surface area contributed by atoms with Crippen LogP contribution < -0.4 is 10.2 Å². The SMILES string of the molecule is CC(C)[C@@](C)(O)CNC1CCN(c2nccs2)CC1. The van der Waals surface area contributed by atoms with Crippen LogP contribution in [0.2, 0.25) is 0 Å². The Labute approximate surface area is 119 Å². The molecule has 5 heteroatoms. The van der Waals surface area contributed by atoms with Gasteiger partial charge in [-0.2, -0.15) is 0 Å². The van der Waals surface area contributed by atoms with Crippen LogP contribution in [-0.4, -0.2) is 41.4 Å². The Bertz CT molecular complexity index is 370. The fourth-order valence-electron chi connectivity index (χ4n) is 2.20. The summed E-state index contributed by atoms with van der Waals surface area (Å²) in [5.41, 5.74) is -0.619. The van der Waals surface area contributed by atoms with Crippen LogP contribution in [0, 0.1) is 5.92 Å². The van der Waals surface area contributed by atoms with E-state index in [1.54, 1.807) is 11.3 Å². The van der Waals surface area contributed by atoms with Gasteiger partial charge in [-0.3, -0.25) is 0 Å². The molecule has 0 saturated carbocycles. The minimum Gasteiger partial charge on any atom is -0.389 e. The van der Waals surface area contributed by atoms with Crippen molar-refractivity contribution < 1.29 is 5.11 Å². The minimum absolute atomic E-state index is 0.274. The van der Waals surface area contributed by atoms with Crippen molar-refractivity contribution in [2.24, 2.45) is 5.92 Å². The van der Waals surface area contributed by atoms with Gasteiger partial charge in [-0.25, -0.2) is 4.98 Å². The molecule has 1 aliphatic rings. The van der Waals surface area contributed by atoms with Gasteiger partial charge >= 0.3 is 0 Å². The summed E-state index contributed by atoms with van der Waals surface area (Å²) in [6.45, 7) is 8.81. The number of rotatable bonds is 5. The first-order valence-corrected chi connectivity index (χ1v) is 7.97. The van der Waals surface area contributed by atoms with Crippen molar-refractivity contribution in [1.82, 2.24) is 10.3 Å². The third-order valence-corrected chi connectivity index (χ3v) is 5.01. The van der Waals surface area contributed by atoms with Crippen LogP contribution >= 0.6 is 11.3 Å². The van der Waals surface area contributed by atoms with Gasteiger partial charge in [0.2, 0.25) is 0 Å². The van der Waals surface area contributed by atoms with Crippen molar-refractivity contribution in [3.05, 3.63) is 11.6 Å². The van der Waals surface area contributed by atoms with Crippen molar-refractivity contribution in [2.45, 2.75) is 45.3 Å². The zero-order valence-corrected chi connectivity index (χ0v) is 12.9. The largest absolute Gasteiger partial charge is 0.389 e. The fourth-order valence-corrected chi connectivity index (χ4v) is 2.90. The van der Waals surface area contributed by atoms with Gasteiger partial charge in [-0.15, -0.1) is 11.3 Å². The van der Waals surface area contributed by atoms with Gasteiger partial charge in [0.25, 0.3) is 0 Å². The van der Waals surface area contributed by atoms with Crippen molar-refractivity contribution in [1.29, 1.82) is 0 Å². The van der Waals surface area contributed by atoms with E-state index in [1.807, 2.05) is 18.5 Å². The average molecular weight is 283 g/mol. The van der Waals surface area contributed by atoms with Crippen LogP contribution in [-0.2, 0) is 0 Å². The summed E-state index contributed by atoms with van der Waals surface area (Å²) in [5, 5.41) is 16.9. The van der Waals surface area contributed by atoms with E-state index >= 15 is 0 Å². The molecular formula is C14H25N3OS. The highest BCUT2D eigenvalue weighted by Gasteiger charge is 2.27. The highest BCUT2D eigenvalue weighted by molar-refractivity contribution is 7.13. The molecule has 19 heavy (non-hydrogen) atoms. The number of nitrogens with zero attached hydrogens (tertiary/aromatic N) is 2. The minimum atomic E-state index is -0.619. The Morgan fingerprint density at radius 3 is 2.74 bits per heavy atom. The van der Waals surface area contributed by atoms with E-state index in [0.29, 0.717) is 12.6 Å². The van der Waals surface area contributed by atoms with E-state index in [-0.39, 0.29) is 5.92 Å². The maximum atomic E-state index is 10.2. The summed E-state index contributed by atoms with van der Waals surface area (Å²) in [5.74, 6) is 0.274. The summed E-state index contributed by atoms with van der Waals surface area (Å²) in [6, 6.07) is 0.515. The number of nitrogens with one attached hydrogen (secondary N) is 1. The van der Waals surface area contributed by atoms with Gasteiger partial charge < -0.3 is 15.3 Å². The molecule has 1 saturated heterocycles. The Morgan fingerprint density at radius 1 is 1.53 bits per heavy atom. The molecule has 1 aliphatic heterocycles. The zero-order valence-electron chi connectivity index (χ0n) is 12.1. The van der Waals surface area contributed by atoms with Gasteiger partial charge in [0.05, 0.1) is 5.60 Å². The third-order valence-electron chi connectivity index (χ3n) is 4.18. The van der Waals surface area contributed by atoms with Crippen molar-refractivity contribution in [2.75, 3.05) is 24.5 Å². The van der Waals surface area contributed by atoms with Crippen LogP contribution in [0.15, 0.2) is 11.6 Å². The first-order chi connectivity index (χ1) is 8.99. The van der Waals surface area contributed by atoms with E-state index in [0.717, 1.165) is 31.1 Å². The smallest absolute Gasteiger partial charge is 0.185 e. The molecule has 0 amide bonds. The fraction of sp³-hybridized carbons (Fsp3) is 0.786. The van der Waals surface area contributed by atoms with Crippen molar-refractivity contribution in [3.63, 3.8) is 0 Å². The summed E-state index contributed by atoms with van der Waals surface area (Å²) in [7, 11) is 0. The molecule has 2 heterocycles. The Morgan fingerprint density at radius 2 is 2.21 bits per heavy atom. The highest BCUT2D eigenvalue weighted by atomic mass is 32.1.